The highest BCUT2D eigenvalue weighted by Gasteiger charge is 2.22. The Balaban J connectivity index is 1.47. The molecule has 0 aromatic carbocycles. The van der Waals surface area contributed by atoms with Crippen molar-refractivity contribution >= 4 is 17.2 Å². The Kier molecular flexibility index (Phi) is 4.78. The summed E-state index contributed by atoms with van der Waals surface area (Å²) in [5.41, 5.74) is 2.63. The summed E-state index contributed by atoms with van der Waals surface area (Å²) < 4.78 is 4.92. The summed E-state index contributed by atoms with van der Waals surface area (Å²) in [6.45, 7) is 3.74. The van der Waals surface area contributed by atoms with Crippen LogP contribution >= 0.6 is 0 Å². The highest BCUT2D eigenvalue weighted by Crippen LogP contribution is 2.21. The average molecular weight is 408 g/mol. The van der Waals surface area contributed by atoms with E-state index in [9.17, 15) is 14.9 Å². The van der Waals surface area contributed by atoms with Gasteiger partial charge in [-0.25, -0.2) is 9.67 Å². The van der Waals surface area contributed by atoms with Gasteiger partial charge in [-0.1, -0.05) is 6.07 Å². The molecule has 0 atom stereocenters. The minimum absolute atomic E-state index is 0.00866. The number of fused-ring (bicyclic) bond motifs is 1. The van der Waals surface area contributed by atoms with E-state index in [1.165, 1.54) is 9.36 Å². The normalized spacial score (nSPS) is 11.2. The van der Waals surface area contributed by atoms with Gasteiger partial charge in [-0.15, -0.1) is 0 Å². The number of amides is 1. The highest BCUT2D eigenvalue weighted by atomic mass is 16.6. The van der Waals surface area contributed by atoms with Gasteiger partial charge in [0, 0.05) is 25.6 Å². The van der Waals surface area contributed by atoms with Crippen LogP contribution in [0.3, 0.4) is 0 Å². The number of carbonyl (C=O) groups is 1. The maximum Gasteiger partial charge on any atom is 0.312 e. The molecule has 0 bridgehead atoms. The minimum atomic E-state index is -0.444. The van der Waals surface area contributed by atoms with Gasteiger partial charge in [0.15, 0.2) is 0 Å². The van der Waals surface area contributed by atoms with Crippen LogP contribution in [0.15, 0.2) is 42.9 Å². The Morgan fingerprint density at radius 3 is 2.70 bits per heavy atom. The van der Waals surface area contributed by atoms with Crippen molar-refractivity contribution in [3.8, 4) is 0 Å². The van der Waals surface area contributed by atoms with Crippen LogP contribution < -0.4 is 0 Å². The molecule has 0 saturated heterocycles. The van der Waals surface area contributed by atoms with Crippen LogP contribution in [-0.4, -0.2) is 51.7 Å². The van der Waals surface area contributed by atoms with Gasteiger partial charge in [0.2, 0.25) is 0 Å². The second-order valence-electron chi connectivity index (χ2n) is 7.02. The third-order valence-electron chi connectivity index (χ3n) is 4.82. The Hall–Kier alpha value is -4.02. The predicted octanol–water partition coefficient (Wildman–Crippen LogP) is 2.03. The number of pyridine rings is 1. The van der Waals surface area contributed by atoms with Crippen molar-refractivity contribution in [2.24, 2.45) is 0 Å². The van der Waals surface area contributed by atoms with Crippen molar-refractivity contribution in [1.82, 2.24) is 33.8 Å². The van der Waals surface area contributed by atoms with Crippen LogP contribution in [0.2, 0.25) is 0 Å². The first-order chi connectivity index (χ1) is 14.3. The quantitative estimate of drug-likeness (QED) is 0.356. The molecular formula is C19H20N8O3. The third kappa shape index (κ3) is 3.52. The van der Waals surface area contributed by atoms with Crippen LogP contribution in [0.25, 0.3) is 5.65 Å². The summed E-state index contributed by atoms with van der Waals surface area (Å²) in [6, 6.07) is 7.33. The van der Waals surface area contributed by atoms with Gasteiger partial charge in [-0.05, 0) is 32.0 Å². The molecule has 0 aliphatic rings. The number of aryl methyl sites for hydroxylation is 1. The smallest absolute Gasteiger partial charge is 0.312 e. The standard InChI is InChI=1S/C19H20N8O3/c1-13-18(27(29)30)14(2)26(21-13)12-25-9-7-16(22-25)19(28)23(3)10-15-11-24-8-5-4-6-17(24)20-15/h4-9,11H,10,12H2,1-3H3. The largest absolute Gasteiger partial charge is 0.334 e. The molecule has 0 radical (unpaired) electrons. The highest BCUT2D eigenvalue weighted by molar-refractivity contribution is 5.91. The van der Waals surface area contributed by atoms with E-state index in [1.807, 2.05) is 35.0 Å². The number of aromatic nitrogens is 6. The van der Waals surface area contributed by atoms with Gasteiger partial charge in [-0.2, -0.15) is 10.2 Å². The molecule has 0 aliphatic carbocycles. The van der Waals surface area contributed by atoms with Gasteiger partial charge >= 0.3 is 5.69 Å². The maximum absolute atomic E-state index is 12.7. The molecule has 11 heteroatoms. The summed E-state index contributed by atoms with van der Waals surface area (Å²) in [7, 11) is 1.69. The van der Waals surface area contributed by atoms with Gasteiger partial charge < -0.3 is 9.30 Å². The lowest BCUT2D eigenvalue weighted by molar-refractivity contribution is -0.386. The summed E-state index contributed by atoms with van der Waals surface area (Å²) in [5.74, 6) is -0.245. The second kappa shape index (κ2) is 7.43. The van der Waals surface area contributed by atoms with Crippen LogP contribution in [0, 0.1) is 24.0 Å². The van der Waals surface area contributed by atoms with Crippen LogP contribution in [0.1, 0.15) is 27.6 Å². The van der Waals surface area contributed by atoms with E-state index in [1.54, 1.807) is 38.1 Å². The number of hydrogen-bond donors (Lipinski definition) is 0. The zero-order valence-electron chi connectivity index (χ0n) is 16.8. The Morgan fingerprint density at radius 1 is 1.20 bits per heavy atom. The summed E-state index contributed by atoms with van der Waals surface area (Å²) in [5, 5.41) is 19.7. The fourth-order valence-corrected chi connectivity index (χ4v) is 3.35. The predicted molar refractivity (Wildman–Crippen MR) is 107 cm³/mol. The number of carbonyl (C=O) groups excluding carboxylic acids is 1. The molecule has 4 heterocycles. The number of rotatable bonds is 6. The molecule has 154 valence electrons. The molecule has 0 saturated carbocycles. The Bertz CT molecular complexity index is 1220. The van der Waals surface area contributed by atoms with Gasteiger partial charge in [0.1, 0.15) is 29.4 Å². The molecule has 4 aromatic heterocycles. The molecule has 0 unspecified atom stereocenters. The zero-order chi connectivity index (χ0) is 21.4. The van der Waals surface area contributed by atoms with Crippen molar-refractivity contribution in [3.05, 3.63) is 75.7 Å². The lowest BCUT2D eigenvalue weighted by atomic mass is 10.3. The molecule has 30 heavy (non-hydrogen) atoms. The number of nitrogens with zero attached hydrogens (tertiary/aromatic N) is 8. The van der Waals surface area contributed by atoms with Crippen molar-refractivity contribution in [2.75, 3.05) is 7.05 Å². The van der Waals surface area contributed by atoms with Crippen molar-refractivity contribution in [3.63, 3.8) is 0 Å². The van der Waals surface area contributed by atoms with Gasteiger partial charge in [-0.3, -0.25) is 19.6 Å². The number of nitro groups is 1. The first kappa shape index (κ1) is 19.3. The summed E-state index contributed by atoms with van der Waals surface area (Å²) >= 11 is 0. The first-order valence-electron chi connectivity index (χ1n) is 9.23. The first-order valence-corrected chi connectivity index (χ1v) is 9.23. The van der Waals surface area contributed by atoms with E-state index in [0.717, 1.165) is 11.3 Å². The molecule has 1 amide bonds. The molecule has 11 nitrogen and oxygen atoms in total. The van der Waals surface area contributed by atoms with E-state index in [0.29, 0.717) is 17.9 Å². The van der Waals surface area contributed by atoms with Crippen LogP contribution in [0.5, 0.6) is 0 Å². The lowest BCUT2D eigenvalue weighted by Crippen LogP contribution is -2.27. The molecule has 0 N–H and O–H groups in total. The van der Waals surface area contributed by atoms with Crippen molar-refractivity contribution in [2.45, 2.75) is 27.1 Å². The van der Waals surface area contributed by atoms with Gasteiger partial charge in [0.25, 0.3) is 5.91 Å². The summed E-state index contributed by atoms with van der Waals surface area (Å²) in [6.07, 6.45) is 5.43. The molecule has 4 rings (SSSR count). The minimum Gasteiger partial charge on any atom is -0.334 e. The van der Waals surface area contributed by atoms with Crippen LogP contribution in [-0.2, 0) is 13.2 Å². The topological polar surface area (TPSA) is 116 Å². The third-order valence-corrected chi connectivity index (χ3v) is 4.82. The summed E-state index contributed by atoms with van der Waals surface area (Å²) in [4.78, 5) is 29.5. The molecule has 0 fully saturated rings. The van der Waals surface area contributed by atoms with E-state index in [-0.39, 0.29) is 24.0 Å². The van der Waals surface area contributed by atoms with Crippen molar-refractivity contribution < 1.29 is 9.72 Å². The van der Waals surface area contributed by atoms with E-state index >= 15 is 0 Å². The number of hydrogen-bond acceptors (Lipinski definition) is 6. The monoisotopic (exact) mass is 408 g/mol. The van der Waals surface area contributed by atoms with Crippen LogP contribution in [0.4, 0.5) is 5.69 Å². The Labute approximate surface area is 171 Å². The fourth-order valence-electron chi connectivity index (χ4n) is 3.35. The lowest BCUT2D eigenvalue weighted by Gasteiger charge is -2.14. The zero-order valence-corrected chi connectivity index (χ0v) is 16.8. The maximum atomic E-state index is 12.7. The SMILES string of the molecule is Cc1nn(Cn2ccc(C(=O)N(C)Cc3cn4ccccc4n3)n2)c(C)c1[N+](=O)[O-]. The van der Waals surface area contributed by atoms with Crippen molar-refractivity contribution in [1.29, 1.82) is 0 Å². The number of imidazole rings is 1. The molecule has 0 aliphatic heterocycles. The molecule has 4 aromatic rings. The van der Waals surface area contributed by atoms with Gasteiger partial charge in [0.05, 0.1) is 17.2 Å². The molecule has 0 spiro atoms. The van der Waals surface area contributed by atoms with E-state index in [4.69, 9.17) is 0 Å². The van der Waals surface area contributed by atoms with E-state index < -0.39 is 4.92 Å². The van der Waals surface area contributed by atoms with E-state index in [2.05, 4.69) is 15.2 Å². The average Bonchev–Trinajstić information content (AvgIpc) is 3.38. The molecular weight excluding hydrogens is 388 g/mol. The second-order valence-corrected chi connectivity index (χ2v) is 7.02. The fraction of sp³-hybridized carbons (Fsp3) is 0.263. The Morgan fingerprint density at radius 2 is 2.00 bits per heavy atom.